The minimum absolute atomic E-state index is 0.605. The lowest BCUT2D eigenvalue weighted by atomic mass is 10.0. The zero-order valence-corrected chi connectivity index (χ0v) is 10.6. The Morgan fingerprint density at radius 1 is 1.53 bits per heavy atom. The Balaban J connectivity index is 1.92. The van der Waals surface area contributed by atoms with Crippen molar-refractivity contribution in [2.75, 3.05) is 7.05 Å². The van der Waals surface area contributed by atoms with Crippen molar-refractivity contribution >= 4 is 15.9 Å². The first-order chi connectivity index (χ1) is 7.28. The van der Waals surface area contributed by atoms with E-state index in [4.69, 9.17) is 0 Å². The Labute approximate surface area is 99.6 Å². The molecule has 0 spiro atoms. The quantitative estimate of drug-likeness (QED) is 0.889. The highest BCUT2D eigenvalue weighted by Gasteiger charge is 2.24. The molecule has 82 valence electrons. The van der Waals surface area contributed by atoms with Crippen LogP contribution in [0.2, 0.25) is 0 Å². The second kappa shape index (κ2) is 5.08. The monoisotopic (exact) mass is 268 g/mol. The van der Waals surface area contributed by atoms with Crippen LogP contribution in [0.3, 0.4) is 0 Å². The number of halogens is 1. The van der Waals surface area contributed by atoms with Crippen LogP contribution in [0.15, 0.2) is 22.9 Å². The smallest absolute Gasteiger partial charge is 0.0410 e. The predicted molar refractivity (Wildman–Crippen MR) is 65.8 cm³/mol. The molecule has 1 fully saturated rings. The maximum atomic E-state index is 4.19. The van der Waals surface area contributed by atoms with E-state index in [0.29, 0.717) is 6.04 Å². The van der Waals surface area contributed by atoms with Gasteiger partial charge in [0.1, 0.15) is 0 Å². The number of rotatable bonds is 5. The molecule has 0 aromatic carbocycles. The van der Waals surface area contributed by atoms with E-state index in [-0.39, 0.29) is 0 Å². The average molecular weight is 269 g/mol. The minimum atomic E-state index is 0.605. The second-order valence-electron chi connectivity index (χ2n) is 4.38. The van der Waals surface area contributed by atoms with E-state index in [9.17, 15) is 0 Å². The first-order valence-corrected chi connectivity index (χ1v) is 6.34. The van der Waals surface area contributed by atoms with Crippen LogP contribution in [0.5, 0.6) is 0 Å². The van der Waals surface area contributed by atoms with Gasteiger partial charge in [0, 0.05) is 22.9 Å². The topological polar surface area (TPSA) is 24.9 Å². The van der Waals surface area contributed by atoms with Gasteiger partial charge < -0.3 is 5.32 Å². The van der Waals surface area contributed by atoms with Crippen LogP contribution >= 0.6 is 15.9 Å². The van der Waals surface area contributed by atoms with Gasteiger partial charge in [-0.1, -0.05) is 12.8 Å². The molecule has 0 amide bonds. The highest BCUT2D eigenvalue weighted by molar-refractivity contribution is 9.10. The maximum Gasteiger partial charge on any atom is 0.0410 e. The van der Waals surface area contributed by atoms with Crippen molar-refractivity contribution in [2.24, 2.45) is 5.92 Å². The number of pyridine rings is 1. The van der Waals surface area contributed by atoms with Crippen molar-refractivity contribution in [3.63, 3.8) is 0 Å². The summed E-state index contributed by atoms with van der Waals surface area (Å²) in [5.74, 6) is 0.975. The Kier molecular flexibility index (Phi) is 3.76. The van der Waals surface area contributed by atoms with Crippen molar-refractivity contribution in [2.45, 2.75) is 31.7 Å². The molecule has 15 heavy (non-hydrogen) atoms. The van der Waals surface area contributed by atoms with E-state index < -0.39 is 0 Å². The molecule has 1 atom stereocenters. The molecule has 2 nitrogen and oxygen atoms in total. The highest BCUT2D eigenvalue weighted by atomic mass is 79.9. The van der Waals surface area contributed by atoms with Gasteiger partial charge in [-0.2, -0.15) is 0 Å². The molecular formula is C12H17BrN2. The highest BCUT2D eigenvalue weighted by Crippen LogP contribution is 2.34. The van der Waals surface area contributed by atoms with Gasteiger partial charge in [-0.3, -0.25) is 4.98 Å². The van der Waals surface area contributed by atoms with Crippen LogP contribution in [0.4, 0.5) is 0 Å². The molecule has 1 heterocycles. The first kappa shape index (κ1) is 11.1. The maximum absolute atomic E-state index is 4.19. The van der Waals surface area contributed by atoms with Crippen molar-refractivity contribution < 1.29 is 0 Å². The molecule has 1 saturated carbocycles. The lowest BCUT2D eigenvalue weighted by Crippen LogP contribution is -2.28. The van der Waals surface area contributed by atoms with Gasteiger partial charge in [-0.15, -0.1) is 0 Å². The third-order valence-corrected chi connectivity index (χ3v) is 3.40. The van der Waals surface area contributed by atoms with Gasteiger partial charge in [0.05, 0.1) is 0 Å². The summed E-state index contributed by atoms with van der Waals surface area (Å²) in [6.45, 7) is 0. The first-order valence-electron chi connectivity index (χ1n) is 5.54. The molecule has 1 N–H and O–H groups in total. The lowest BCUT2D eigenvalue weighted by molar-refractivity contribution is 0.490. The molecule has 0 aliphatic heterocycles. The number of hydrogen-bond acceptors (Lipinski definition) is 2. The van der Waals surface area contributed by atoms with Gasteiger partial charge in [0.2, 0.25) is 0 Å². The predicted octanol–water partition coefficient (Wildman–Crippen LogP) is 2.77. The molecule has 1 aromatic rings. The standard InChI is InChI=1S/C12H17BrN2/c1-14-12(5-9-2-3-9)6-10-4-11(13)8-15-7-10/h4,7-9,12,14H,2-3,5-6H2,1H3. The van der Waals surface area contributed by atoms with Gasteiger partial charge in [-0.05, 0) is 53.4 Å². The van der Waals surface area contributed by atoms with Gasteiger partial charge in [0.25, 0.3) is 0 Å². The van der Waals surface area contributed by atoms with Gasteiger partial charge in [0.15, 0.2) is 0 Å². The molecule has 1 aliphatic rings. The van der Waals surface area contributed by atoms with E-state index in [1.165, 1.54) is 24.8 Å². The number of aromatic nitrogens is 1. The Morgan fingerprint density at radius 2 is 2.33 bits per heavy atom. The van der Waals surface area contributed by atoms with Gasteiger partial charge >= 0.3 is 0 Å². The summed E-state index contributed by atoms with van der Waals surface area (Å²) in [5.41, 5.74) is 1.31. The molecule has 1 unspecified atom stereocenters. The van der Waals surface area contributed by atoms with E-state index in [1.54, 1.807) is 0 Å². The zero-order chi connectivity index (χ0) is 10.7. The Bertz CT molecular complexity index is 323. The molecule has 1 aromatic heterocycles. The number of likely N-dealkylation sites (N-methyl/N-ethyl adjacent to an activating group) is 1. The second-order valence-corrected chi connectivity index (χ2v) is 5.30. The SMILES string of the molecule is CNC(Cc1cncc(Br)c1)CC1CC1. The number of nitrogens with zero attached hydrogens (tertiary/aromatic N) is 1. The van der Waals surface area contributed by atoms with Crippen LogP contribution in [0.25, 0.3) is 0 Å². The van der Waals surface area contributed by atoms with Crippen LogP contribution < -0.4 is 5.32 Å². The van der Waals surface area contributed by atoms with Crippen molar-refractivity contribution in [1.29, 1.82) is 0 Å². The van der Waals surface area contributed by atoms with Crippen molar-refractivity contribution in [3.05, 3.63) is 28.5 Å². The lowest BCUT2D eigenvalue weighted by Gasteiger charge is -2.15. The fourth-order valence-corrected chi connectivity index (χ4v) is 2.32. The molecular weight excluding hydrogens is 252 g/mol. The van der Waals surface area contributed by atoms with E-state index >= 15 is 0 Å². The average Bonchev–Trinajstić information content (AvgIpc) is 3.01. The molecule has 0 bridgehead atoms. The van der Waals surface area contributed by atoms with Crippen molar-refractivity contribution in [3.8, 4) is 0 Å². The summed E-state index contributed by atoms with van der Waals surface area (Å²) in [7, 11) is 2.05. The van der Waals surface area contributed by atoms with E-state index in [2.05, 4.69) is 39.3 Å². The number of hydrogen-bond donors (Lipinski definition) is 1. The molecule has 0 radical (unpaired) electrons. The Morgan fingerprint density at radius 3 is 2.93 bits per heavy atom. The molecule has 3 heteroatoms. The molecule has 2 rings (SSSR count). The van der Waals surface area contributed by atoms with E-state index in [0.717, 1.165) is 16.8 Å². The van der Waals surface area contributed by atoms with E-state index in [1.807, 2.05) is 12.4 Å². The minimum Gasteiger partial charge on any atom is -0.317 e. The summed E-state index contributed by atoms with van der Waals surface area (Å²) in [6, 6.07) is 2.76. The van der Waals surface area contributed by atoms with Crippen LogP contribution in [0, 0.1) is 5.92 Å². The third kappa shape index (κ3) is 3.58. The summed E-state index contributed by atoms with van der Waals surface area (Å²) < 4.78 is 1.07. The fraction of sp³-hybridized carbons (Fsp3) is 0.583. The van der Waals surface area contributed by atoms with Crippen LogP contribution in [0.1, 0.15) is 24.8 Å². The zero-order valence-electron chi connectivity index (χ0n) is 9.04. The number of nitrogens with one attached hydrogen (secondary N) is 1. The third-order valence-electron chi connectivity index (χ3n) is 2.97. The Hall–Kier alpha value is -0.410. The molecule has 1 aliphatic carbocycles. The van der Waals surface area contributed by atoms with Crippen LogP contribution in [-0.2, 0) is 6.42 Å². The summed E-state index contributed by atoms with van der Waals surface area (Å²) in [4.78, 5) is 4.19. The fourth-order valence-electron chi connectivity index (χ4n) is 1.91. The molecule has 0 saturated heterocycles. The summed E-state index contributed by atoms with van der Waals surface area (Å²) in [5, 5.41) is 3.40. The summed E-state index contributed by atoms with van der Waals surface area (Å²) in [6.07, 6.45) is 9.03. The largest absolute Gasteiger partial charge is 0.317 e. The normalized spacial score (nSPS) is 17.7. The van der Waals surface area contributed by atoms with Gasteiger partial charge in [-0.25, -0.2) is 0 Å². The van der Waals surface area contributed by atoms with Crippen molar-refractivity contribution in [1.82, 2.24) is 10.3 Å². The van der Waals surface area contributed by atoms with Crippen LogP contribution in [-0.4, -0.2) is 18.1 Å². The summed E-state index contributed by atoms with van der Waals surface area (Å²) >= 11 is 3.45.